The predicted molar refractivity (Wildman–Crippen MR) is 95.4 cm³/mol. The number of carbonyl (C=O) groups excluding carboxylic acids is 2. The largest absolute Gasteiger partial charge is 0.338 e. The van der Waals surface area contributed by atoms with Gasteiger partial charge in [-0.1, -0.05) is 6.07 Å². The summed E-state index contributed by atoms with van der Waals surface area (Å²) in [6, 6.07) is 9.01. The third-order valence-corrected chi connectivity index (χ3v) is 3.77. The minimum absolute atomic E-state index is 0.166. The zero-order chi connectivity index (χ0) is 17.7. The van der Waals surface area contributed by atoms with Crippen molar-refractivity contribution in [2.24, 2.45) is 0 Å². The highest BCUT2D eigenvalue weighted by molar-refractivity contribution is 6.05. The number of hydrogen-bond acceptors (Lipinski definition) is 3. The summed E-state index contributed by atoms with van der Waals surface area (Å²) in [6.07, 6.45) is 1.49. The zero-order valence-electron chi connectivity index (χ0n) is 14.6. The van der Waals surface area contributed by atoms with Gasteiger partial charge in [0.15, 0.2) is 0 Å². The van der Waals surface area contributed by atoms with E-state index in [1.54, 1.807) is 17.0 Å². The van der Waals surface area contributed by atoms with Crippen LogP contribution in [0, 0.1) is 13.8 Å². The Balaban J connectivity index is 2.21. The molecule has 1 aromatic heterocycles. The summed E-state index contributed by atoms with van der Waals surface area (Å²) in [7, 11) is 0. The van der Waals surface area contributed by atoms with Crippen LogP contribution in [0.15, 0.2) is 36.5 Å². The van der Waals surface area contributed by atoms with Gasteiger partial charge in [0.25, 0.3) is 11.8 Å². The Morgan fingerprint density at radius 2 is 1.67 bits per heavy atom. The molecule has 0 saturated carbocycles. The SMILES string of the molecule is CCN(CC)C(=O)c1cc(C(=O)Nc2cc(C)cc(C)c2)ccn1. The fraction of sp³-hybridized carbons (Fsp3) is 0.316. The Hall–Kier alpha value is -2.69. The number of rotatable bonds is 5. The van der Waals surface area contributed by atoms with E-state index >= 15 is 0 Å². The zero-order valence-corrected chi connectivity index (χ0v) is 14.6. The second kappa shape index (κ2) is 7.73. The first-order chi connectivity index (χ1) is 11.4. The lowest BCUT2D eigenvalue weighted by molar-refractivity contribution is 0.0767. The third kappa shape index (κ3) is 4.19. The lowest BCUT2D eigenvalue weighted by Crippen LogP contribution is -2.31. The van der Waals surface area contributed by atoms with E-state index in [4.69, 9.17) is 0 Å². The molecule has 1 heterocycles. The Bertz CT molecular complexity index is 732. The van der Waals surface area contributed by atoms with Gasteiger partial charge in [0.1, 0.15) is 5.69 Å². The van der Waals surface area contributed by atoms with Crippen molar-refractivity contribution in [3.63, 3.8) is 0 Å². The van der Waals surface area contributed by atoms with Crippen molar-refractivity contribution in [2.75, 3.05) is 18.4 Å². The summed E-state index contributed by atoms with van der Waals surface area (Å²) >= 11 is 0. The van der Waals surface area contributed by atoms with E-state index in [0.717, 1.165) is 16.8 Å². The summed E-state index contributed by atoms with van der Waals surface area (Å²) < 4.78 is 0. The molecule has 0 fully saturated rings. The number of hydrogen-bond donors (Lipinski definition) is 1. The lowest BCUT2D eigenvalue weighted by atomic mass is 10.1. The van der Waals surface area contributed by atoms with Crippen molar-refractivity contribution in [3.05, 3.63) is 58.9 Å². The van der Waals surface area contributed by atoms with Crippen molar-refractivity contribution >= 4 is 17.5 Å². The van der Waals surface area contributed by atoms with Gasteiger partial charge in [0.2, 0.25) is 0 Å². The van der Waals surface area contributed by atoms with Gasteiger partial charge >= 0.3 is 0 Å². The van der Waals surface area contributed by atoms with E-state index in [-0.39, 0.29) is 17.5 Å². The fourth-order valence-corrected chi connectivity index (χ4v) is 2.61. The molecule has 24 heavy (non-hydrogen) atoms. The number of aryl methyl sites for hydroxylation is 2. The van der Waals surface area contributed by atoms with Crippen LogP contribution < -0.4 is 5.32 Å². The number of benzene rings is 1. The van der Waals surface area contributed by atoms with Gasteiger partial charge in [-0.3, -0.25) is 14.6 Å². The maximum atomic E-state index is 12.5. The van der Waals surface area contributed by atoms with E-state index < -0.39 is 0 Å². The molecule has 2 rings (SSSR count). The molecular weight excluding hydrogens is 302 g/mol. The summed E-state index contributed by atoms with van der Waals surface area (Å²) in [5, 5.41) is 2.87. The second-order valence-electron chi connectivity index (χ2n) is 5.74. The third-order valence-electron chi connectivity index (χ3n) is 3.77. The molecule has 0 aliphatic carbocycles. The number of anilines is 1. The van der Waals surface area contributed by atoms with Crippen molar-refractivity contribution in [1.29, 1.82) is 0 Å². The predicted octanol–water partition coefficient (Wildman–Crippen LogP) is 3.43. The van der Waals surface area contributed by atoms with Crippen LogP contribution in [0.4, 0.5) is 5.69 Å². The molecule has 0 atom stereocenters. The van der Waals surface area contributed by atoms with E-state index in [1.807, 2.05) is 45.9 Å². The first-order valence-corrected chi connectivity index (χ1v) is 8.09. The summed E-state index contributed by atoms with van der Waals surface area (Å²) in [5.74, 6) is -0.419. The molecule has 0 bridgehead atoms. The molecule has 126 valence electrons. The summed E-state index contributed by atoms with van der Waals surface area (Å²) in [5.41, 5.74) is 3.60. The molecule has 0 aliphatic rings. The standard InChI is InChI=1S/C19H23N3O2/c1-5-22(6-2)19(24)17-12-15(7-8-20-17)18(23)21-16-10-13(3)9-14(4)11-16/h7-12H,5-6H2,1-4H3,(H,21,23). The van der Waals surface area contributed by atoms with Gasteiger partial charge in [-0.15, -0.1) is 0 Å². The van der Waals surface area contributed by atoms with Crippen molar-refractivity contribution in [2.45, 2.75) is 27.7 Å². The van der Waals surface area contributed by atoms with Gasteiger partial charge < -0.3 is 10.2 Å². The molecule has 2 aromatic rings. The molecular formula is C19H23N3O2. The number of pyridine rings is 1. The number of nitrogens with one attached hydrogen (secondary N) is 1. The molecule has 0 radical (unpaired) electrons. The van der Waals surface area contributed by atoms with Crippen LogP contribution in [0.2, 0.25) is 0 Å². The van der Waals surface area contributed by atoms with Crippen LogP contribution >= 0.6 is 0 Å². The molecule has 0 unspecified atom stereocenters. The number of carbonyl (C=O) groups is 2. The highest BCUT2D eigenvalue weighted by Gasteiger charge is 2.16. The van der Waals surface area contributed by atoms with Gasteiger partial charge in [-0.05, 0) is 63.1 Å². The average molecular weight is 325 g/mol. The molecule has 5 heteroatoms. The van der Waals surface area contributed by atoms with Crippen LogP contribution in [-0.2, 0) is 0 Å². The highest BCUT2D eigenvalue weighted by Crippen LogP contribution is 2.15. The van der Waals surface area contributed by atoms with E-state index in [2.05, 4.69) is 10.3 Å². The van der Waals surface area contributed by atoms with E-state index in [9.17, 15) is 9.59 Å². The molecule has 1 N–H and O–H groups in total. The van der Waals surface area contributed by atoms with Crippen LogP contribution in [-0.4, -0.2) is 34.8 Å². The van der Waals surface area contributed by atoms with Gasteiger partial charge in [-0.2, -0.15) is 0 Å². The van der Waals surface area contributed by atoms with Crippen LogP contribution in [0.1, 0.15) is 45.8 Å². The Morgan fingerprint density at radius 3 is 2.25 bits per heavy atom. The van der Waals surface area contributed by atoms with Gasteiger partial charge in [0.05, 0.1) is 0 Å². The summed E-state index contributed by atoms with van der Waals surface area (Å²) in [6.45, 7) is 9.01. The number of aromatic nitrogens is 1. The highest BCUT2D eigenvalue weighted by atomic mass is 16.2. The van der Waals surface area contributed by atoms with Crippen LogP contribution in [0.25, 0.3) is 0 Å². The van der Waals surface area contributed by atoms with Crippen molar-refractivity contribution in [3.8, 4) is 0 Å². The van der Waals surface area contributed by atoms with Crippen molar-refractivity contribution in [1.82, 2.24) is 9.88 Å². The Kier molecular flexibility index (Phi) is 5.68. The first-order valence-electron chi connectivity index (χ1n) is 8.09. The molecule has 0 aliphatic heterocycles. The molecule has 0 saturated heterocycles. The van der Waals surface area contributed by atoms with Gasteiger partial charge in [0, 0.05) is 30.5 Å². The lowest BCUT2D eigenvalue weighted by Gasteiger charge is -2.18. The normalized spacial score (nSPS) is 10.3. The Morgan fingerprint density at radius 1 is 1.04 bits per heavy atom. The molecule has 0 spiro atoms. The average Bonchev–Trinajstić information content (AvgIpc) is 2.55. The monoisotopic (exact) mass is 325 g/mol. The Labute approximate surface area is 142 Å². The maximum absolute atomic E-state index is 12.5. The first kappa shape index (κ1) is 17.7. The summed E-state index contributed by atoms with van der Waals surface area (Å²) in [4.78, 5) is 30.6. The second-order valence-corrected chi connectivity index (χ2v) is 5.74. The minimum Gasteiger partial charge on any atom is -0.338 e. The van der Waals surface area contributed by atoms with Crippen LogP contribution in [0.3, 0.4) is 0 Å². The van der Waals surface area contributed by atoms with Gasteiger partial charge in [-0.25, -0.2) is 0 Å². The van der Waals surface area contributed by atoms with Crippen molar-refractivity contribution < 1.29 is 9.59 Å². The van der Waals surface area contributed by atoms with Crippen LogP contribution in [0.5, 0.6) is 0 Å². The molecule has 2 amide bonds. The number of nitrogens with zero attached hydrogens (tertiary/aromatic N) is 2. The molecule has 1 aromatic carbocycles. The molecule has 5 nitrogen and oxygen atoms in total. The van der Waals surface area contributed by atoms with E-state index in [1.165, 1.54) is 6.20 Å². The minimum atomic E-state index is -0.254. The van der Waals surface area contributed by atoms with E-state index in [0.29, 0.717) is 18.7 Å². The quantitative estimate of drug-likeness (QED) is 0.916. The maximum Gasteiger partial charge on any atom is 0.272 e. The smallest absolute Gasteiger partial charge is 0.272 e. The fourth-order valence-electron chi connectivity index (χ4n) is 2.61. The number of amides is 2. The topological polar surface area (TPSA) is 62.3 Å².